The third-order valence-corrected chi connectivity index (χ3v) is 3.60. The average Bonchev–Trinajstić information content (AvgIpc) is 2.48. The van der Waals surface area contributed by atoms with E-state index in [1.165, 1.54) is 12.1 Å². The van der Waals surface area contributed by atoms with Crippen molar-refractivity contribution in [2.75, 3.05) is 6.54 Å². The molecule has 0 atom stereocenters. The first-order valence-electron chi connectivity index (χ1n) is 6.97. The molecule has 0 aliphatic rings. The maximum Gasteiger partial charge on any atom is 0.123 e. The molecule has 0 radical (unpaired) electrons. The molecule has 0 amide bonds. The van der Waals surface area contributed by atoms with Crippen molar-refractivity contribution in [3.8, 4) is 6.07 Å². The summed E-state index contributed by atoms with van der Waals surface area (Å²) in [6.45, 7) is 5.80. The molecular weight excluding hydrogens is 263 g/mol. The molecule has 2 nitrogen and oxygen atoms in total. The second kappa shape index (κ2) is 6.51. The van der Waals surface area contributed by atoms with Gasteiger partial charge < -0.3 is 5.32 Å². The fourth-order valence-corrected chi connectivity index (χ4v) is 2.22. The Kier molecular flexibility index (Phi) is 4.72. The molecule has 2 aromatic carbocycles. The second-order valence-corrected chi connectivity index (χ2v) is 5.80. The van der Waals surface area contributed by atoms with Crippen LogP contribution >= 0.6 is 0 Å². The quantitative estimate of drug-likeness (QED) is 0.906. The van der Waals surface area contributed by atoms with Crippen molar-refractivity contribution in [3.63, 3.8) is 0 Å². The molecule has 0 aliphatic carbocycles. The molecule has 0 heterocycles. The van der Waals surface area contributed by atoms with E-state index in [1.807, 2.05) is 36.4 Å². The zero-order valence-electron chi connectivity index (χ0n) is 12.4. The Balaban J connectivity index is 1.92. The van der Waals surface area contributed by atoms with E-state index in [2.05, 4.69) is 25.2 Å². The number of benzene rings is 2. The Bertz CT molecular complexity index is 622. The molecule has 0 unspecified atom stereocenters. The van der Waals surface area contributed by atoms with Crippen LogP contribution in [0, 0.1) is 17.1 Å². The van der Waals surface area contributed by atoms with Crippen LogP contribution < -0.4 is 5.32 Å². The predicted octanol–water partition coefficient (Wildman–Crippen LogP) is 3.76. The van der Waals surface area contributed by atoms with E-state index in [0.29, 0.717) is 5.56 Å². The van der Waals surface area contributed by atoms with Gasteiger partial charge in [0.25, 0.3) is 0 Å². The first kappa shape index (κ1) is 15.2. The average molecular weight is 282 g/mol. The van der Waals surface area contributed by atoms with E-state index in [9.17, 15) is 4.39 Å². The van der Waals surface area contributed by atoms with Crippen molar-refractivity contribution in [1.29, 1.82) is 5.26 Å². The lowest BCUT2D eigenvalue weighted by molar-refractivity contribution is 0.468. The largest absolute Gasteiger partial charge is 0.312 e. The molecule has 2 rings (SSSR count). The summed E-state index contributed by atoms with van der Waals surface area (Å²) in [5.41, 5.74) is 2.85. The lowest BCUT2D eigenvalue weighted by Crippen LogP contribution is -2.32. The number of nitriles is 1. The highest BCUT2D eigenvalue weighted by molar-refractivity contribution is 5.31. The first-order valence-corrected chi connectivity index (χ1v) is 6.97. The Hall–Kier alpha value is -2.18. The van der Waals surface area contributed by atoms with Gasteiger partial charge in [0.1, 0.15) is 5.82 Å². The third kappa shape index (κ3) is 4.14. The standard InChI is InChI=1S/C18H19FN2/c1-18(2,16-7-9-17(19)10-8-16)13-21-12-15-5-3-14(11-20)4-6-15/h3-10,21H,12-13H2,1-2H3. The van der Waals surface area contributed by atoms with Crippen LogP contribution in [0.3, 0.4) is 0 Å². The maximum atomic E-state index is 13.0. The number of halogens is 1. The lowest BCUT2D eigenvalue weighted by atomic mass is 9.84. The van der Waals surface area contributed by atoms with E-state index < -0.39 is 0 Å². The highest BCUT2D eigenvalue weighted by Crippen LogP contribution is 2.22. The fourth-order valence-electron chi connectivity index (χ4n) is 2.22. The molecule has 0 aromatic heterocycles. The van der Waals surface area contributed by atoms with E-state index in [-0.39, 0.29) is 11.2 Å². The Morgan fingerprint density at radius 3 is 2.24 bits per heavy atom. The smallest absolute Gasteiger partial charge is 0.123 e. The van der Waals surface area contributed by atoms with Crippen molar-refractivity contribution in [1.82, 2.24) is 5.32 Å². The van der Waals surface area contributed by atoms with Gasteiger partial charge in [-0.15, -0.1) is 0 Å². The molecular formula is C18H19FN2. The summed E-state index contributed by atoms with van der Waals surface area (Å²) < 4.78 is 13.0. The van der Waals surface area contributed by atoms with Gasteiger partial charge in [-0.1, -0.05) is 38.1 Å². The number of nitrogens with zero attached hydrogens (tertiary/aromatic N) is 1. The number of rotatable bonds is 5. The van der Waals surface area contributed by atoms with Gasteiger partial charge in [0.2, 0.25) is 0 Å². The van der Waals surface area contributed by atoms with Crippen molar-refractivity contribution < 1.29 is 4.39 Å². The zero-order valence-corrected chi connectivity index (χ0v) is 12.4. The topological polar surface area (TPSA) is 35.8 Å². The summed E-state index contributed by atoms with van der Waals surface area (Å²) in [6, 6.07) is 16.3. The molecule has 0 spiro atoms. The van der Waals surface area contributed by atoms with E-state index in [1.54, 1.807) is 0 Å². The third-order valence-electron chi connectivity index (χ3n) is 3.60. The van der Waals surface area contributed by atoms with Crippen molar-refractivity contribution >= 4 is 0 Å². The van der Waals surface area contributed by atoms with Gasteiger partial charge in [-0.25, -0.2) is 4.39 Å². The van der Waals surface area contributed by atoms with E-state index in [4.69, 9.17) is 5.26 Å². The van der Waals surface area contributed by atoms with Gasteiger partial charge in [0, 0.05) is 18.5 Å². The summed E-state index contributed by atoms with van der Waals surface area (Å²) in [4.78, 5) is 0. The fraction of sp³-hybridized carbons (Fsp3) is 0.278. The van der Waals surface area contributed by atoms with Crippen molar-refractivity contribution in [2.45, 2.75) is 25.8 Å². The second-order valence-electron chi connectivity index (χ2n) is 5.80. The minimum Gasteiger partial charge on any atom is -0.312 e. The minimum atomic E-state index is -0.208. The van der Waals surface area contributed by atoms with Gasteiger partial charge in [-0.3, -0.25) is 0 Å². The maximum absolute atomic E-state index is 13.0. The van der Waals surface area contributed by atoms with Gasteiger partial charge in [-0.05, 0) is 35.4 Å². The molecule has 0 saturated carbocycles. The Morgan fingerprint density at radius 1 is 1.05 bits per heavy atom. The van der Waals surface area contributed by atoms with Crippen LogP contribution in [0.5, 0.6) is 0 Å². The van der Waals surface area contributed by atoms with E-state index in [0.717, 1.165) is 24.2 Å². The summed E-state index contributed by atoms with van der Waals surface area (Å²) in [5.74, 6) is -0.208. The molecule has 0 fully saturated rings. The van der Waals surface area contributed by atoms with Crippen LogP contribution in [0.4, 0.5) is 4.39 Å². The Labute approximate surface area is 125 Å². The van der Waals surface area contributed by atoms with Crippen LogP contribution in [0.15, 0.2) is 48.5 Å². The molecule has 108 valence electrons. The molecule has 3 heteroatoms. The number of hydrogen-bond donors (Lipinski definition) is 1. The van der Waals surface area contributed by atoms with Crippen LogP contribution in [0.25, 0.3) is 0 Å². The molecule has 1 N–H and O–H groups in total. The van der Waals surface area contributed by atoms with Crippen molar-refractivity contribution in [3.05, 3.63) is 71.0 Å². The monoisotopic (exact) mass is 282 g/mol. The van der Waals surface area contributed by atoms with Gasteiger partial charge in [-0.2, -0.15) is 5.26 Å². The molecule has 0 bridgehead atoms. The SMILES string of the molecule is CC(C)(CNCc1ccc(C#N)cc1)c1ccc(F)cc1. The minimum absolute atomic E-state index is 0.0692. The number of hydrogen-bond acceptors (Lipinski definition) is 2. The normalized spacial score (nSPS) is 11.1. The van der Waals surface area contributed by atoms with Gasteiger partial charge in [0.05, 0.1) is 11.6 Å². The van der Waals surface area contributed by atoms with Gasteiger partial charge in [0.15, 0.2) is 0 Å². The Morgan fingerprint density at radius 2 is 1.67 bits per heavy atom. The summed E-state index contributed by atoms with van der Waals surface area (Å²) in [7, 11) is 0. The van der Waals surface area contributed by atoms with Crippen LogP contribution in [-0.2, 0) is 12.0 Å². The first-order chi connectivity index (χ1) is 10.0. The molecule has 2 aromatic rings. The van der Waals surface area contributed by atoms with Gasteiger partial charge >= 0.3 is 0 Å². The van der Waals surface area contributed by atoms with Crippen LogP contribution in [0.1, 0.15) is 30.5 Å². The van der Waals surface area contributed by atoms with E-state index >= 15 is 0 Å². The highest BCUT2D eigenvalue weighted by Gasteiger charge is 2.19. The predicted molar refractivity (Wildman–Crippen MR) is 82.3 cm³/mol. The molecule has 0 aliphatic heterocycles. The zero-order chi connectivity index (χ0) is 15.3. The summed E-state index contributed by atoms with van der Waals surface area (Å²) >= 11 is 0. The van der Waals surface area contributed by atoms with Crippen LogP contribution in [-0.4, -0.2) is 6.54 Å². The lowest BCUT2D eigenvalue weighted by Gasteiger charge is -2.26. The van der Waals surface area contributed by atoms with Crippen LogP contribution in [0.2, 0.25) is 0 Å². The number of nitrogens with one attached hydrogen (secondary N) is 1. The highest BCUT2D eigenvalue weighted by atomic mass is 19.1. The summed E-state index contributed by atoms with van der Waals surface area (Å²) in [5, 5.41) is 12.2. The van der Waals surface area contributed by atoms with Crippen molar-refractivity contribution in [2.24, 2.45) is 0 Å². The molecule has 0 saturated heterocycles. The molecule has 21 heavy (non-hydrogen) atoms. The summed E-state index contributed by atoms with van der Waals surface area (Å²) in [6.07, 6.45) is 0.